The summed E-state index contributed by atoms with van der Waals surface area (Å²) < 4.78 is 0. The zero-order valence-electron chi connectivity index (χ0n) is 26.0. The Bertz CT molecular complexity index is 1580. The predicted octanol–water partition coefficient (Wildman–Crippen LogP) is 7.69. The lowest BCUT2D eigenvalue weighted by Gasteiger charge is -2.29. The van der Waals surface area contributed by atoms with E-state index in [2.05, 4.69) is 26.0 Å². The molecule has 0 bridgehead atoms. The number of aryl methyl sites for hydroxylation is 2. The van der Waals surface area contributed by atoms with E-state index in [-0.39, 0.29) is 12.1 Å². The van der Waals surface area contributed by atoms with Crippen LogP contribution in [0.3, 0.4) is 0 Å². The van der Waals surface area contributed by atoms with Gasteiger partial charge in [-0.15, -0.1) is 0 Å². The Morgan fingerprint density at radius 3 is 1.33 bits per heavy atom. The molecule has 0 aliphatic rings. The third kappa shape index (κ3) is 6.75. The smallest absolute Gasteiger partial charge is 0.328 e. The summed E-state index contributed by atoms with van der Waals surface area (Å²) >= 11 is 0. The van der Waals surface area contributed by atoms with Crippen LogP contribution in [0, 0.1) is 13.8 Å². The second-order valence-electron chi connectivity index (χ2n) is 10.8. The minimum Gasteiger partial charge on any atom is -0.399 e. The molecule has 0 saturated carbocycles. The molecule has 0 unspecified atom stereocenters. The highest BCUT2D eigenvalue weighted by atomic mass is 16.2. The molecule has 0 atom stereocenters. The summed E-state index contributed by atoms with van der Waals surface area (Å²) in [6, 6.07) is 26.6. The average molecular weight is 579 g/mol. The van der Waals surface area contributed by atoms with Gasteiger partial charge in [-0.3, -0.25) is 19.6 Å². The lowest BCUT2D eigenvalue weighted by Crippen LogP contribution is -2.42. The Labute approximate surface area is 255 Å². The second kappa shape index (κ2) is 13.3. The van der Waals surface area contributed by atoms with Gasteiger partial charge in [-0.25, -0.2) is 9.59 Å². The lowest BCUT2D eigenvalue weighted by molar-refractivity contribution is 0.252. The van der Waals surface area contributed by atoms with Gasteiger partial charge >= 0.3 is 12.1 Å². The summed E-state index contributed by atoms with van der Waals surface area (Å²) in [5.41, 5.74) is 20.5. The quantitative estimate of drug-likeness (QED) is 0.209. The van der Waals surface area contributed by atoms with Gasteiger partial charge in [0.15, 0.2) is 0 Å². The monoisotopic (exact) mass is 578 g/mol. The number of amides is 4. The maximum Gasteiger partial charge on any atom is 0.328 e. The normalized spacial score (nSPS) is 10.7. The third-order valence-electron chi connectivity index (χ3n) is 7.69. The highest BCUT2D eigenvalue weighted by Crippen LogP contribution is 2.33. The van der Waals surface area contributed by atoms with Gasteiger partial charge in [0.2, 0.25) is 0 Å². The number of nitrogens with two attached hydrogens (primary N) is 2. The minimum absolute atomic E-state index is 0.105. The zero-order chi connectivity index (χ0) is 31.3. The molecule has 8 heteroatoms. The fourth-order valence-corrected chi connectivity index (χ4v) is 5.20. The molecule has 0 aliphatic carbocycles. The number of nitrogen functional groups attached to an aromatic ring is 2. The average Bonchev–Trinajstić information content (AvgIpc) is 3.00. The zero-order valence-corrected chi connectivity index (χ0v) is 26.0. The van der Waals surface area contributed by atoms with Crippen molar-refractivity contribution < 1.29 is 9.59 Å². The highest BCUT2D eigenvalue weighted by Gasteiger charge is 2.22. The third-order valence-corrected chi connectivity index (χ3v) is 7.69. The van der Waals surface area contributed by atoms with Crippen molar-refractivity contribution in [2.45, 2.75) is 34.1 Å². The number of carbonyl (C=O) groups excluding carboxylic acids is 2. The van der Waals surface area contributed by atoms with Crippen LogP contribution in [0.25, 0.3) is 11.1 Å². The van der Waals surface area contributed by atoms with Crippen LogP contribution in [-0.2, 0) is 0 Å². The number of urea groups is 2. The standard InChI is InChI=1S/C35H42N6O2/c1-7-21-41(29-15-11-27(37)12-16-29)35(43)39(6)31-18-20-33(25(4)23-31)32-19-17-30(22-24(32)3)38(5)34(42)40(8-2)28-13-9-26(36)10-14-28/h9-20,22-23H,7-8,21,36-37H2,1-6H3. The van der Waals surface area contributed by atoms with Crippen molar-refractivity contribution in [1.82, 2.24) is 0 Å². The number of hydrogen-bond donors (Lipinski definition) is 2. The van der Waals surface area contributed by atoms with Crippen molar-refractivity contribution in [3.05, 3.63) is 96.1 Å². The van der Waals surface area contributed by atoms with E-state index in [1.807, 2.05) is 74.5 Å². The molecule has 4 rings (SSSR count). The van der Waals surface area contributed by atoms with E-state index < -0.39 is 0 Å². The molecule has 4 N–H and O–H groups in total. The summed E-state index contributed by atoms with van der Waals surface area (Å²) in [6.45, 7) is 9.23. The Balaban J connectivity index is 1.55. The number of nitrogens with zero attached hydrogens (tertiary/aromatic N) is 4. The van der Waals surface area contributed by atoms with Crippen molar-refractivity contribution >= 4 is 46.2 Å². The SMILES string of the molecule is CCCN(C(=O)N(C)c1ccc(-c2ccc(N(C)C(=O)N(CC)c3ccc(N)cc3)cc2C)c(C)c1)c1ccc(N)cc1. The van der Waals surface area contributed by atoms with E-state index in [1.54, 1.807) is 45.8 Å². The fraction of sp³-hybridized carbons (Fsp3) is 0.257. The predicted molar refractivity (Wildman–Crippen MR) is 181 cm³/mol. The molecule has 4 amide bonds. The van der Waals surface area contributed by atoms with Crippen LogP contribution in [0.4, 0.5) is 43.7 Å². The largest absolute Gasteiger partial charge is 0.399 e. The van der Waals surface area contributed by atoms with E-state index in [1.165, 1.54) is 0 Å². The summed E-state index contributed by atoms with van der Waals surface area (Å²) in [7, 11) is 3.59. The van der Waals surface area contributed by atoms with E-state index >= 15 is 0 Å². The van der Waals surface area contributed by atoms with Crippen LogP contribution in [0.2, 0.25) is 0 Å². The van der Waals surface area contributed by atoms with Crippen molar-refractivity contribution in [2.24, 2.45) is 0 Å². The molecule has 0 radical (unpaired) electrons. The van der Waals surface area contributed by atoms with Gasteiger partial charge < -0.3 is 11.5 Å². The number of anilines is 6. The number of benzene rings is 4. The second-order valence-corrected chi connectivity index (χ2v) is 10.8. The van der Waals surface area contributed by atoms with E-state index in [4.69, 9.17) is 11.5 Å². The molecule has 0 heterocycles. The Morgan fingerprint density at radius 2 is 0.953 bits per heavy atom. The van der Waals surface area contributed by atoms with Crippen molar-refractivity contribution in [3.8, 4) is 11.1 Å². The molecule has 8 nitrogen and oxygen atoms in total. The Hall–Kier alpha value is -4.98. The van der Waals surface area contributed by atoms with Crippen molar-refractivity contribution in [3.63, 3.8) is 0 Å². The molecule has 4 aromatic carbocycles. The van der Waals surface area contributed by atoms with Gasteiger partial charge in [0.05, 0.1) is 0 Å². The molecule has 0 saturated heterocycles. The van der Waals surface area contributed by atoms with Crippen LogP contribution in [0.1, 0.15) is 31.4 Å². The summed E-state index contributed by atoms with van der Waals surface area (Å²) in [4.78, 5) is 33.8. The Kier molecular flexibility index (Phi) is 9.60. The van der Waals surface area contributed by atoms with E-state index in [0.717, 1.165) is 51.4 Å². The van der Waals surface area contributed by atoms with Crippen LogP contribution in [-0.4, -0.2) is 39.2 Å². The number of hydrogen-bond acceptors (Lipinski definition) is 4. The van der Waals surface area contributed by atoms with Crippen molar-refractivity contribution in [1.29, 1.82) is 0 Å². The summed E-state index contributed by atoms with van der Waals surface area (Å²) in [6.07, 6.45) is 0.829. The topological polar surface area (TPSA) is 99.1 Å². The first-order valence-corrected chi connectivity index (χ1v) is 14.6. The first-order valence-electron chi connectivity index (χ1n) is 14.6. The molecule has 0 aliphatic heterocycles. The van der Waals surface area contributed by atoms with Gasteiger partial charge in [-0.05, 0) is 122 Å². The lowest BCUT2D eigenvalue weighted by atomic mass is 9.95. The van der Waals surface area contributed by atoms with Crippen LogP contribution >= 0.6 is 0 Å². The molecule has 0 aromatic heterocycles. The summed E-state index contributed by atoms with van der Waals surface area (Å²) in [5, 5.41) is 0. The van der Waals surface area contributed by atoms with E-state index in [9.17, 15) is 9.59 Å². The molecule has 43 heavy (non-hydrogen) atoms. The van der Waals surface area contributed by atoms with Crippen LogP contribution in [0.15, 0.2) is 84.9 Å². The van der Waals surface area contributed by atoms with Gasteiger partial charge in [-0.2, -0.15) is 0 Å². The molecule has 0 spiro atoms. The van der Waals surface area contributed by atoms with Crippen LogP contribution < -0.4 is 31.1 Å². The van der Waals surface area contributed by atoms with Gasteiger partial charge in [-0.1, -0.05) is 19.1 Å². The first kappa shape index (κ1) is 31.0. The molecule has 224 valence electrons. The number of carbonyl (C=O) groups is 2. The first-order chi connectivity index (χ1) is 20.5. The van der Waals surface area contributed by atoms with Gasteiger partial charge in [0.25, 0.3) is 0 Å². The maximum atomic E-state index is 13.6. The minimum atomic E-state index is -0.122. The highest BCUT2D eigenvalue weighted by molar-refractivity contribution is 6.04. The van der Waals surface area contributed by atoms with Gasteiger partial charge in [0, 0.05) is 61.3 Å². The Morgan fingerprint density at radius 1 is 0.581 bits per heavy atom. The van der Waals surface area contributed by atoms with Crippen molar-refractivity contribution in [2.75, 3.05) is 58.3 Å². The number of rotatable bonds is 8. The van der Waals surface area contributed by atoms with Gasteiger partial charge in [0.1, 0.15) is 0 Å². The van der Waals surface area contributed by atoms with E-state index in [0.29, 0.717) is 24.5 Å². The molecule has 4 aromatic rings. The van der Waals surface area contributed by atoms with Crippen LogP contribution in [0.5, 0.6) is 0 Å². The summed E-state index contributed by atoms with van der Waals surface area (Å²) in [5.74, 6) is 0. The molecular formula is C35H42N6O2. The molecular weight excluding hydrogens is 536 g/mol. The maximum absolute atomic E-state index is 13.6. The molecule has 0 fully saturated rings. The fourth-order valence-electron chi connectivity index (χ4n) is 5.20.